The predicted molar refractivity (Wildman–Crippen MR) is 162 cm³/mol. The fourth-order valence-electron chi connectivity index (χ4n) is 7.72. The summed E-state index contributed by atoms with van der Waals surface area (Å²) in [6.45, 7) is 4.24. The molecule has 0 radical (unpaired) electrons. The van der Waals surface area contributed by atoms with Crippen LogP contribution in [0.25, 0.3) is 0 Å². The highest BCUT2D eigenvalue weighted by molar-refractivity contribution is 6.25. The van der Waals surface area contributed by atoms with Crippen molar-refractivity contribution in [2.45, 2.75) is 37.3 Å². The van der Waals surface area contributed by atoms with Crippen LogP contribution < -0.4 is 10.2 Å². The van der Waals surface area contributed by atoms with Crippen molar-refractivity contribution >= 4 is 46.8 Å². The first kappa shape index (κ1) is 30.0. The van der Waals surface area contributed by atoms with Gasteiger partial charge in [0.1, 0.15) is 16.9 Å². The number of hydrogen-bond acceptors (Lipinski definition) is 9. The number of esters is 3. The van der Waals surface area contributed by atoms with Gasteiger partial charge >= 0.3 is 17.9 Å². The van der Waals surface area contributed by atoms with E-state index in [1.807, 2.05) is 0 Å². The van der Waals surface area contributed by atoms with Gasteiger partial charge in [0, 0.05) is 16.9 Å². The third-order valence-corrected chi connectivity index (χ3v) is 9.17. The Balaban J connectivity index is 1.84. The van der Waals surface area contributed by atoms with Gasteiger partial charge in [-0.3, -0.25) is 24.2 Å². The Morgan fingerprint density at radius 2 is 1.31 bits per heavy atom. The summed E-state index contributed by atoms with van der Waals surface area (Å²) in [5.41, 5.74) is -5.16. The summed E-state index contributed by atoms with van der Waals surface area (Å²) in [7, 11) is 1.40. The van der Waals surface area contributed by atoms with Crippen LogP contribution in [0, 0.1) is 5.92 Å². The molecule has 2 amide bonds. The third kappa shape index (κ3) is 3.52. The molecule has 3 aromatic carbocycles. The highest BCUT2D eigenvalue weighted by Crippen LogP contribution is 2.70. The zero-order valence-electron chi connectivity index (χ0n) is 25.4. The van der Waals surface area contributed by atoms with Gasteiger partial charge in [0.2, 0.25) is 11.4 Å². The lowest BCUT2D eigenvalue weighted by Crippen LogP contribution is -2.65. The number of nitrogens with zero attached hydrogens (tertiary/aromatic N) is 2. The van der Waals surface area contributed by atoms with Crippen LogP contribution in [0.15, 0.2) is 78.9 Å². The number of carbonyl (C=O) groups excluding carboxylic acids is 5. The van der Waals surface area contributed by atoms with Gasteiger partial charge in [-0.15, -0.1) is 0 Å². The summed E-state index contributed by atoms with van der Waals surface area (Å²) >= 11 is 0. The highest BCUT2D eigenvalue weighted by Gasteiger charge is 2.89. The highest BCUT2D eigenvalue weighted by atomic mass is 16.6. The third-order valence-electron chi connectivity index (χ3n) is 9.17. The number of carbonyl (C=O) groups is 5. The van der Waals surface area contributed by atoms with E-state index in [9.17, 15) is 19.2 Å². The molecule has 1 saturated heterocycles. The molecule has 3 atom stereocenters. The van der Waals surface area contributed by atoms with Crippen molar-refractivity contribution in [2.24, 2.45) is 5.92 Å². The smallest absolute Gasteiger partial charge is 0.339 e. The maximum absolute atomic E-state index is 15.5. The number of likely N-dealkylation sites (N-methyl/N-ethyl adjacent to an activating group) is 1. The zero-order valence-corrected chi connectivity index (χ0v) is 25.4. The van der Waals surface area contributed by atoms with Crippen LogP contribution in [0.1, 0.15) is 31.9 Å². The molecule has 0 aliphatic carbocycles. The molecule has 3 aliphatic heterocycles. The van der Waals surface area contributed by atoms with Gasteiger partial charge in [-0.25, -0.2) is 9.59 Å². The van der Waals surface area contributed by atoms with Crippen LogP contribution in [0.5, 0.6) is 0 Å². The fourth-order valence-corrected chi connectivity index (χ4v) is 7.72. The Labute approximate surface area is 260 Å². The number of hydrogen-bond donors (Lipinski definition) is 1. The summed E-state index contributed by atoms with van der Waals surface area (Å²) < 4.78 is 16.7. The van der Waals surface area contributed by atoms with E-state index in [0.717, 1.165) is 0 Å². The molecule has 1 fully saturated rings. The molecule has 3 aliphatic rings. The number of likely N-dealkylation sites (tertiary alicyclic amines) is 1. The molecule has 1 N–H and O–H groups in total. The molecule has 3 unspecified atom stereocenters. The molecule has 2 spiro atoms. The lowest BCUT2D eigenvalue weighted by atomic mass is 9.57. The SMILES string of the molecule is CCOC(=O)C1C(C(=O)OCC)(C(=O)OCC)N(C)C2(C(=O)N(c3ccccc3)c3ccccc32)C12C(=O)Nc1ccccc12. The van der Waals surface area contributed by atoms with Crippen molar-refractivity contribution in [1.29, 1.82) is 0 Å². The molecule has 11 heteroatoms. The summed E-state index contributed by atoms with van der Waals surface area (Å²) in [5, 5.41) is 2.87. The number of ether oxygens (including phenoxy) is 3. The number of para-hydroxylation sites is 3. The van der Waals surface area contributed by atoms with Crippen LogP contribution in [0.2, 0.25) is 0 Å². The van der Waals surface area contributed by atoms with E-state index in [1.54, 1.807) is 99.6 Å². The second kappa shape index (κ2) is 10.8. The van der Waals surface area contributed by atoms with E-state index in [2.05, 4.69) is 5.32 Å². The van der Waals surface area contributed by atoms with E-state index in [1.165, 1.54) is 16.8 Å². The molecular formula is C34H33N3O8. The average molecular weight is 612 g/mol. The molecule has 45 heavy (non-hydrogen) atoms. The standard InChI is InChI=1S/C34H33N3O8/c1-5-43-27(38)26-32(22-17-11-13-19-24(22)35-28(32)39)34(36(4)33(26,30(41)44-6-2)31(42)45-7-3)23-18-12-14-20-25(23)37(29(34)40)21-15-9-8-10-16-21/h8-20,26H,5-7H2,1-4H3,(H,35,39). The van der Waals surface area contributed by atoms with Crippen LogP contribution in [-0.2, 0) is 49.1 Å². The second-order valence-corrected chi connectivity index (χ2v) is 11.0. The van der Waals surface area contributed by atoms with Gasteiger partial charge in [0.05, 0.1) is 25.5 Å². The molecule has 232 valence electrons. The van der Waals surface area contributed by atoms with Gasteiger partial charge in [-0.1, -0.05) is 54.6 Å². The summed E-state index contributed by atoms with van der Waals surface area (Å²) in [6.07, 6.45) is 0. The molecule has 3 heterocycles. The molecular weight excluding hydrogens is 578 g/mol. The van der Waals surface area contributed by atoms with E-state index in [-0.39, 0.29) is 25.4 Å². The number of fused-ring (bicyclic) bond motifs is 5. The van der Waals surface area contributed by atoms with Crippen LogP contribution in [0.4, 0.5) is 17.1 Å². The van der Waals surface area contributed by atoms with Gasteiger partial charge in [-0.05, 0) is 57.6 Å². The lowest BCUT2D eigenvalue weighted by molar-refractivity contribution is -0.183. The zero-order chi connectivity index (χ0) is 32.1. The molecule has 0 aromatic heterocycles. The maximum atomic E-state index is 15.5. The second-order valence-electron chi connectivity index (χ2n) is 11.0. The first-order valence-electron chi connectivity index (χ1n) is 14.9. The Morgan fingerprint density at radius 1 is 0.756 bits per heavy atom. The largest absolute Gasteiger partial charge is 0.466 e. The van der Waals surface area contributed by atoms with Crippen molar-refractivity contribution in [3.63, 3.8) is 0 Å². The summed E-state index contributed by atoms with van der Waals surface area (Å²) in [4.78, 5) is 76.5. The molecule has 11 nitrogen and oxygen atoms in total. The number of benzene rings is 3. The molecule has 0 saturated carbocycles. The minimum absolute atomic E-state index is 0.131. The maximum Gasteiger partial charge on any atom is 0.339 e. The Morgan fingerprint density at radius 3 is 1.93 bits per heavy atom. The van der Waals surface area contributed by atoms with Crippen molar-refractivity contribution in [1.82, 2.24) is 4.90 Å². The van der Waals surface area contributed by atoms with Gasteiger partial charge in [-0.2, -0.15) is 0 Å². The minimum atomic E-state index is -2.62. The van der Waals surface area contributed by atoms with E-state index in [0.29, 0.717) is 22.6 Å². The minimum Gasteiger partial charge on any atom is -0.466 e. The van der Waals surface area contributed by atoms with Crippen molar-refractivity contribution in [2.75, 3.05) is 37.1 Å². The van der Waals surface area contributed by atoms with Crippen LogP contribution >= 0.6 is 0 Å². The van der Waals surface area contributed by atoms with Gasteiger partial charge < -0.3 is 19.5 Å². The van der Waals surface area contributed by atoms with E-state index < -0.39 is 52.1 Å². The van der Waals surface area contributed by atoms with Crippen molar-refractivity contribution in [3.05, 3.63) is 90.0 Å². The van der Waals surface area contributed by atoms with Crippen molar-refractivity contribution < 1.29 is 38.2 Å². The molecule has 6 rings (SSSR count). The number of rotatable bonds is 7. The fraction of sp³-hybridized carbons (Fsp3) is 0.324. The Kier molecular flexibility index (Phi) is 7.24. The Bertz CT molecular complexity index is 1710. The number of nitrogens with one attached hydrogen (secondary N) is 1. The predicted octanol–water partition coefficient (Wildman–Crippen LogP) is 3.44. The first-order chi connectivity index (χ1) is 21.7. The summed E-state index contributed by atoms with van der Waals surface area (Å²) in [5.74, 6) is -6.61. The molecule has 3 aromatic rings. The monoisotopic (exact) mass is 611 g/mol. The van der Waals surface area contributed by atoms with Crippen molar-refractivity contribution in [3.8, 4) is 0 Å². The van der Waals surface area contributed by atoms with E-state index >= 15 is 4.79 Å². The summed E-state index contributed by atoms with van der Waals surface area (Å²) in [6, 6.07) is 22.3. The van der Waals surface area contributed by atoms with Gasteiger partial charge in [0.15, 0.2) is 0 Å². The quantitative estimate of drug-likeness (QED) is 0.243. The molecule has 0 bridgehead atoms. The lowest BCUT2D eigenvalue weighted by Gasteiger charge is -2.43. The normalized spacial score (nSPS) is 24.4. The number of amides is 2. The van der Waals surface area contributed by atoms with E-state index in [4.69, 9.17) is 14.2 Å². The van der Waals surface area contributed by atoms with Crippen LogP contribution in [0.3, 0.4) is 0 Å². The number of anilines is 3. The first-order valence-corrected chi connectivity index (χ1v) is 14.9. The average Bonchev–Trinajstić information content (AvgIpc) is 3.57. The van der Waals surface area contributed by atoms with Crippen LogP contribution in [-0.4, -0.2) is 67.0 Å². The topological polar surface area (TPSA) is 132 Å². The Hall–Kier alpha value is -5.03. The van der Waals surface area contributed by atoms with Gasteiger partial charge in [0.25, 0.3) is 5.91 Å².